The maximum Gasteiger partial charge on any atom is 0.306 e. The number of carbonyl (C=O) groups is 2. The van der Waals surface area contributed by atoms with Crippen molar-refractivity contribution in [3.05, 3.63) is 51.7 Å². The van der Waals surface area contributed by atoms with Crippen LogP contribution in [0.1, 0.15) is 40.3 Å². The van der Waals surface area contributed by atoms with E-state index in [1.807, 2.05) is 32.0 Å². The van der Waals surface area contributed by atoms with Crippen LogP contribution in [0.5, 0.6) is 0 Å². The molecule has 0 saturated carbocycles. The maximum atomic E-state index is 12.7. The highest BCUT2D eigenvalue weighted by Crippen LogP contribution is 2.29. The van der Waals surface area contributed by atoms with Crippen LogP contribution >= 0.6 is 22.9 Å². The average Bonchev–Trinajstić information content (AvgIpc) is 3.33. The van der Waals surface area contributed by atoms with Gasteiger partial charge in [0.05, 0.1) is 23.5 Å². The molecule has 3 aromatic rings. The zero-order chi connectivity index (χ0) is 26.4. The largest absolute Gasteiger partial charge is 0.463 e. The topological polar surface area (TPSA) is 130 Å². The molecule has 2 aromatic heterocycles. The number of esters is 1. The number of rotatable bonds is 9. The molecule has 0 spiro atoms. The second-order valence-electron chi connectivity index (χ2n) is 8.78. The highest BCUT2D eigenvalue weighted by atomic mass is 35.5. The Kier molecular flexibility index (Phi) is 8.91. The number of hydrogen-bond acceptors (Lipinski definition) is 10. The lowest BCUT2D eigenvalue weighted by Crippen LogP contribution is -2.35. The summed E-state index contributed by atoms with van der Waals surface area (Å²) in [5, 5.41) is 15.8. The van der Waals surface area contributed by atoms with E-state index in [1.165, 1.54) is 17.5 Å². The molecule has 1 amide bonds. The first kappa shape index (κ1) is 26.8. The summed E-state index contributed by atoms with van der Waals surface area (Å²) >= 11 is 7.44. The van der Waals surface area contributed by atoms with Crippen LogP contribution < -0.4 is 15.5 Å². The van der Waals surface area contributed by atoms with Gasteiger partial charge in [-0.2, -0.15) is 0 Å². The summed E-state index contributed by atoms with van der Waals surface area (Å²) in [6.07, 6.45) is 3.56. The fourth-order valence-electron chi connectivity index (χ4n) is 4.11. The number of benzene rings is 1. The van der Waals surface area contributed by atoms with Crippen molar-refractivity contribution < 1.29 is 19.4 Å². The molecule has 4 rings (SSSR count). The molecule has 196 valence electrons. The van der Waals surface area contributed by atoms with Crippen molar-refractivity contribution in [3.63, 3.8) is 0 Å². The third-order valence-corrected chi connectivity index (χ3v) is 7.22. The quantitative estimate of drug-likeness (QED) is 0.337. The van der Waals surface area contributed by atoms with Gasteiger partial charge in [0.15, 0.2) is 5.13 Å². The molecule has 10 nitrogen and oxygen atoms in total. The summed E-state index contributed by atoms with van der Waals surface area (Å²) in [7, 11) is 0. The minimum Gasteiger partial charge on any atom is -0.463 e. The summed E-state index contributed by atoms with van der Waals surface area (Å²) in [5.74, 6) is 1.68. The fourth-order valence-corrected chi connectivity index (χ4v) is 5.10. The second-order valence-corrected chi connectivity index (χ2v) is 10.2. The molecular formula is C25H29ClN6O4S. The van der Waals surface area contributed by atoms with Crippen LogP contribution in [0.3, 0.4) is 0 Å². The Morgan fingerprint density at radius 1 is 1.24 bits per heavy atom. The van der Waals surface area contributed by atoms with Gasteiger partial charge in [-0.15, -0.1) is 0 Å². The van der Waals surface area contributed by atoms with E-state index < -0.39 is 0 Å². The Morgan fingerprint density at radius 3 is 2.76 bits per heavy atom. The molecule has 0 unspecified atom stereocenters. The van der Waals surface area contributed by atoms with Crippen LogP contribution in [0.25, 0.3) is 0 Å². The Morgan fingerprint density at radius 2 is 2.03 bits per heavy atom. The van der Waals surface area contributed by atoms with E-state index in [2.05, 4.69) is 30.5 Å². The minimum atomic E-state index is -0.288. The van der Waals surface area contributed by atoms with E-state index in [-0.39, 0.29) is 31.0 Å². The molecule has 0 aliphatic carbocycles. The molecule has 1 fully saturated rings. The monoisotopic (exact) mass is 544 g/mol. The Balaban J connectivity index is 1.37. The summed E-state index contributed by atoms with van der Waals surface area (Å²) < 4.78 is 4.98. The van der Waals surface area contributed by atoms with Gasteiger partial charge < -0.3 is 25.4 Å². The number of aliphatic hydroxyl groups excluding tert-OH is 1. The number of aromatic nitrogens is 3. The number of nitrogens with one attached hydrogen (secondary N) is 2. The van der Waals surface area contributed by atoms with Crippen LogP contribution in [0.4, 0.5) is 22.5 Å². The fraction of sp³-hybridized carbons (Fsp3) is 0.400. The Bertz CT molecular complexity index is 1240. The first-order valence-electron chi connectivity index (χ1n) is 12.0. The van der Waals surface area contributed by atoms with Gasteiger partial charge in [0, 0.05) is 25.6 Å². The Hall–Kier alpha value is -3.28. The van der Waals surface area contributed by atoms with E-state index in [0.29, 0.717) is 38.8 Å². The van der Waals surface area contributed by atoms with Gasteiger partial charge in [-0.1, -0.05) is 35.1 Å². The molecule has 1 aromatic carbocycles. The summed E-state index contributed by atoms with van der Waals surface area (Å²) in [4.78, 5) is 40.6. The lowest BCUT2D eigenvalue weighted by Gasteiger charge is -2.32. The molecule has 1 saturated heterocycles. The number of carbonyl (C=O) groups excluding carboxylic acids is 2. The van der Waals surface area contributed by atoms with Gasteiger partial charge in [0.2, 0.25) is 0 Å². The summed E-state index contributed by atoms with van der Waals surface area (Å²) in [5.41, 5.74) is 1.46. The van der Waals surface area contributed by atoms with E-state index in [9.17, 15) is 9.59 Å². The highest BCUT2D eigenvalue weighted by Gasteiger charge is 2.24. The number of halogens is 1. The van der Waals surface area contributed by atoms with E-state index in [0.717, 1.165) is 37.3 Å². The number of hydrogen-bond donors (Lipinski definition) is 3. The number of aliphatic hydroxyl groups is 1. The van der Waals surface area contributed by atoms with Crippen LogP contribution in [-0.2, 0) is 9.53 Å². The van der Waals surface area contributed by atoms with Crippen LogP contribution in [-0.4, -0.2) is 58.2 Å². The van der Waals surface area contributed by atoms with Gasteiger partial charge in [-0.3, -0.25) is 9.59 Å². The molecule has 3 N–H and O–H groups in total. The molecule has 1 aliphatic rings. The third kappa shape index (κ3) is 7.15. The number of anilines is 4. The standard InChI is InChI=1S/C25H29ClN6O4S/c1-15-4-3-5-18(26)23(15)31-24(35)19-14-27-25(37-19)30-20-13-21(29-16(2)28-20)32-8-6-17(7-9-32)12-22(34)36-11-10-33/h3-5,13-14,17,33H,6-12H2,1-2H3,(H,31,35)(H,27,28,29,30). The number of para-hydroxylation sites is 1. The zero-order valence-electron chi connectivity index (χ0n) is 20.7. The van der Waals surface area contributed by atoms with Gasteiger partial charge in [-0.25, -0.2) is 15.0 Å². The van der Waals surface area contributed by atoms with Crippen LogP contribution in [0, 0.1) is 19.8 Å². The maximum absolute atomic E-state index is 12.7. The summed E-state index contributed by atoms with van der Waals surface area (Å²) in [6.45, 7) is 5.11. The first-order chi connectivity index (χ1) is 17.8. The number of thiazole rings is 1. The predicted molar refractivity (Wildman–Crippen MR) is 144 cm³/mol. The van der Waals surface area contributed by atoms with Gasteiger partial charge >= 0.3 is 5.97 Å². The van der Waals surface area contributed by atoms with Crippen LogP contribution in [0.15, 0.2) is 30.5 Å². The van der Waals surface area contributed by atoms with Crippen molar-refractivity contribution in [1.82, 2.24) is 15.0 Å². The van der Waals surface area contributed by atoms with Crippen molar-refractivity contribution in [2.24, 2.45) is 5.92 Å². The smallest absolute Gasteiger partial charge is 0.306 e. The second kappa shape index (κ2) is 12.3. The van der Waals surface area contributed by atoms with Gasteiger partial charge in [-0.05, 0) is 44.2 Å². The molecule has 0 bridgehead atoms. The van der Waals surface area contributed by atoms with Crippen molar-refractivity contribution in [3.8, 4) is 0 Å². The van der Waals surface area contributed by atoms with Crippen molar-refractivity contribution in [2.45, 2.75) is 33.1 Å². The highest BCUT2D eigenvalue weighted by molar-refractivity contribution is 7.17. The Labute approximate surface area is 224 Å². The number of nitrogens with zero attached hydrogens (tertiary/aromatic N) is 4. The number of amides is 1. The third-order valence-electron chi connectivity index (χ3n) is 6.00. The first-order valence-corrected chi connectivity index (χ1v) is 13.2. The number of ether oxygens (including phenoxy) is 1. The van der Waals surface area contributed by atoms with E-state index >= 15 is 0 Å². The van der Waals surface area contributed by atoms with Crippen molar-refractivity contribution in [1.29, 1.82) is 0 Å². The van der Waals surface area contributed by atoms with Gasteiger partial charge in [0.1, 0.15) is 28.9 Å². The molecule has 3 heterocycles. The predicted octanol–water partition coefficient (Wildman–Crippen LogP) is 4.34. The molecule has 1 aliphatic heterocycles. The molecule has 0 radical (unpaired) electrons. The van der Waals surface area contributed by atoms with E-state index in [1.54, 1.807) is 6.07 Å². The van der Waals surface area contributed by atoms with Crippen LogP contribution in [0.2, 0.25) is 5.02 Å². The summed E-state index contributed by atoms with van der Waals surface area (Å²) in [6, 6.07) is 7.30. The average molecular weight is 545 g/mol. The number of piperidine rings is 1. The molecule has 37 heavy (non-hydrogen) atoms. The molecule has 0 atom stereocenters. The SMILES string of the molecule is Cc1nc(Nc2ncc(C(=O)Nc3c(C)cccc3Cl)s2)cc(N2CCC(CC(=O)OCCO)CC2)n1. The molecular weight excluding hydrogens is 516 g/mol. The van der Waals surface area contributed by atoms with Gasteiger partial charge in [0.25, 0.3) is 5.91 Å². The number of aryl methyl sites for hydroxylation is 2. The minimum absolute atomic E-state index is 0.0416. The lowest BCUT2D eigenvalue weighted by atomic mass is 9.93. The van der Waals surface area contributed by atoms with Crippen molar-refractivity contribution in [2.75, 3.05) is 41.8 Å². The zero-order valence-corrected chi connectivity index (χ0v) is 22.2. The van der Waals surface area contributed by atoms with Crippen molar-refractivity contribution >= 4 is 57.3 Å². The lowest BCUT2D eigenvalue weighted by molar-refractivity contribution is -0.145. The van der Waals surface area contributed by atoms with E-state index in [4.69, 9.17) is 21.4 Å². The normalized spacial score (nSPS) is 13.9. The molecule has 12 heteroatoms.